The molecule has 11 heteroatoms. The number of urea groups is 1. The molecule has 37 heavy (non-hydrogen) atoms. The van der Waals surface area contributed by atoms with Gasteiger partial charge in [-0.1, -0.05) is 38.4 Å². The van der Waals surface area contributed by atoms with Crippen LogP contribution in [0.4, 0.5) is 30.9 Å². The number of benzene rings is 2. The fraction of sp³-hybridized carbons (Fsp3) is 0.231. The second kappa shape index (κ2) is 9.35. The van der Waals surface area contributed by atoms with Crippen LogP contribution in [0.25, 0.3) is 21.8 Å². The van der Waals surface area contributed by atoms with Crippen LogP contribution in [0.3, 0.4) is 0 Å². The number of carbonyl (C=O) groups excluding carboxylic acids is 1. The van der Waals surface area contributed by atoms with E-state index in [2.05, 4.69) is 30.7 Å². The zero-order valence-corrected chi connectivity index (χ0v) is 21.9. The molecule has 0 radical (unpaired) electrons. The van der Waals surface area contributed by atoms with Crippen LogP contribution in [0.2, 0.25) is 5.02 Å². The molecule has 4 aromatic rings. The van der Waals surface area contributed by atoms with E-state index in [9.17, 15) is 9.18 Å². The number of nitrogens with zero attached hydrogens (tertiary/aromatic N) is 5. The quantitative estimate of drug-likeness (QED) is 0.318. The Morgan fingerprint density at radius 2 is 1.73 bits per heavy atom. The lowest BCUT2D eigenvalue weighted by Gasteiger charge is -2.20. The number of carbonyl (C=O) groups is 1. The van der Waals surface area contributed by atoms with Crippen molar-refractivity contribution in [3.63, 3.8) is 0 Å². The third kappa shape index (κ3) is 4.74. The summed E-state index contributed by atoms with van der Waals surface area (Å²) >= 11 is 7.66. The van der Waals surface area contributed by atoms with E-state index in [1.54, 1.807) is 24.4 Å². The summed E-state index contributed by atoms with van der Waals surface area (Å²) < 4.78 is 28.6. The summed E-state index contributed by atoms with van der Waals surface area (Å²) in [6, 6.07) is 9.71. The van der Waals surface area contributed by atoms with Crippen molar-refractivity contribution in [2.75, 3.05) is 28.6 Å². The van der Waals surface area contributed by atoms with Crippen LogP contribution < -0.4 is 15.5 Å². The Balaban J connectivity index is 1.56. The average Bonchev–Trinajstić information content (AvgIpc) is 3.44. The zero-order valence-electron chi connectivity index (χ0n) is 20.3. The highest BCUT2D eigenvalue weighted by atomic mass is 35.5. The number of rotatable bonds is 4. The smallest absolute Gasteiger partial charge is 0.329 e. The van der Waals surface area contributed by atoms with E-state index >= 15 is 4.39 Å². The van der Waals surface area contributed by atoms with Gasteiger partial charge in [-0.15, -0.1) is 11.3 Å². The maximum atomic E-state index is 15.1. The highest BCUT2D eigenvalue weighted by Crippen LogP contribution is 2.42. The molecule has 1 aliphatic heterocycles. The standard InChI is InChI=1S/C26H23ClF2N6OS/c1-26(2,3)23-33-21(18-8-9-31-24(30)32-18)22(37-23)14-4-6-17(29)20(12-14)35-11-10-34(25(35)36)19-7-5-15(28)13-16(19)27/h4-9,12-13H,10-11H2,1-3H3,(H2,30,31,32). The summed E-state index contributed by atoms with van der Waals surface area (Å²) in [5, 5.41) is 0.979. The van der Waals surface area contributed by atoms with Gasteiger partial charge in [-0.2, -0.15) is 0 Å². The number of nitrogens with two attached hydrogens (primary N) is 1. The highest BCUT2D eigenvalue weighted by molar-refractivity contribution is 7.15. The van der Waals surface area contributed by atoms with Crippen LogP contribution in [0.1, 0.15) is 25.8 Å². The van der Waals surface area contributed by atoms with Gasteiger partial charge in [0, 0.05) is 24.7 Å². The van der Waals surface area contributed by atoms with Crippen molar-refractivity contribution in [3.05, 3.63) is 70.3 Å². The lowest BCUT2D eigenvalue weighted by atomic mass is 9.98. The molecule has 1 aliphatic rings. The fourth-order valence-electron chi connectivity index (χ4n) is 4.06. The van der Waals surface area contributed by atoms with Gasteiger partial charge in [-0.3, -0.25) is 9.80 Å². The molecule has 7 nitrogen and oxygen atoms in total. The highest BCUT2D eigenvalue weighted by Gasteiger charge is 2.34. The summed E-state index contributed by atoms with van der Waals surface area (Å²) in [6.45, 7) is 6.68. The molecular weight excluding hydrogens is 518 g/mol. The Kier molecular flexibility index (Phi) is 6.33. The molecule has 190 valence electrons. The zero-order chi connectivity index (χ0) is 26.5. The Hall–Kier alpha value is -3.63. The van der Waals surface area contributed by atoms with Crippen molar-refractivity contribution in [2.24, 2.45) is 0 Å². The second-order valence-electron chi connectivity index (χ2n) is 9.59. The molecule has 5 rings (SSSR count). The molecule has 1 fully saturated rings. The van der Waals surface area contributed by atoms with Crippen LogP contribution in [0.5, 0.6) is 0 Å². The first kappa shape index (κ1) is 25.0. The summed E-state index contributed by atoms with van der Waals surface area (Å²) in [4.78, 5) is 30.0. The monoisotopic (exact) mass is 540 g/mol. The predicted octanol–water partition coefficient (Wildman–Crippen LogP) is 6.53. The van der Waals surface area contributed by atoms with E-state index in [1.807, 2.05) is 0 Å². The van der Waals surface area contributed by atoms with Crippen molar-refractivity contribution in [1.82, 2.24) is 15.0 Å². The number of halogens is 3. The normalized spacial score (nSPS) is 14.1. The van der Waals surface area contributed by atoms with Crippen molar-refractivity contribution in [3.8, 4) is 21.8 Å². The Morgan fingerprint density at radius 1 is 1.00 bits per heavy atom. The molecule has 2 N–H and O–H groups in total. The Labute approximate surface area is 221 Å². The molecule has 2 amide bonds. The maximum absolute atomic E-state index is 15.1. The first-order valence-electron chi connectivity index (χ1n) is 11.5. The SMILES string of the molecule is CC(C)(C)c1nc(-c2ccnc(N)n2)c(-c2ccc(F)c(N3CCN(c4ccc(F)cc4Cl)C3=O)c2)s1. The van der Waals surface area contributed by atoms with Gasteiger partial charge in [0.1, 0.15) is 17.3 Å². The minimum atomic E-state index is -0.544. The molecule has 0 atom stereocenters. The summed E-state index contributed by atoms with van der Waals surface area (Å²) in [5.41, 5.74) is 7.92. The molecule has 1 saturated heterocycles. The average molecular weight is 541 g/mol. The van der Waals surface area contributed by atoms with Crippen LogP contribution >= 0.6 is 22.9 Å². The van der Waals surface area contributed by atoms with Crippen LogP contribution in [-0.2, 0) is 5.41 Å². The topological polar surface area (TPSA) is 88.2 Å². The second-order valence-corrected chi connectivity index (χ2v) is 11.0. The maximum Gasteiger partial charge on any atom is 0.329 e. The number of hydrogen-bond donors (Lipinski definition) is 1. The van der Waals surface area contributed by atoms with Gasteiger partial charge in [-0.05, 0) is 42.0 Å². The van der Waals surface area contributed by atoms with Crippen molar-refractivity contribution >= 4 is 46.3 Å². The Bertz CT molecular complexity index is 1520. The largest absolute Gasteiger partial charge is 0.368 e. The van der Waals surface area contributed by atoms with E-state index in [0.717, 1.165) is 16.0 Å². The third-order valence-electron chi connectivity index (χ3n) is 5.89. The number of thiazole rings is 1. The molecule has 0 saturated carbocycles. The lowest BCUT2D eigenvalue weighted by Crippen LogP contribution is -2.32. The molecular formula is C26H23ClF2N6OS. The van der Waals surface area contributed by atoms with E-state index in [4.69, 9.17) is 22.3 Å². The van der Waals surface area contributed by atoms with E-state index < -0.39 is 17.7 Å². The molecule has 0 bridgehead atoms. The van der Waals surface area contributed by atoms with Crippen molar-refractivity contribution in [1.29, 1.82) is 0 Å². The molecule has 0 aliphatic carbocycles. The Morgan fingerprint density at radius 3 is 2.41 bits per heavy atom. The molecule has 2 aromatic heterocycles. The van der Waals surface area contributed by atoms with Crippen LogP contribution in [-0.4, -0.2) is 34.1 Å². The minimum Gasteiger partial charge on any atom is -0.368 e. The molecule has 0 unspecified atom stereocenters. The summed E-state index contributed by atoms with van der Waals surface area (Å²) in [7, 11) is 0. The minimum absolute atomic E-state index is 0.109. The number of anilines is 3. The third-order valence-corrected chi connectivity index (χ3v) is 7.73. The van der Waals surface area contributed by atoms with E-state index in [-0.39, 0.29) is 35.2 Å². The molecule has 0 spiro atoms. The fourth-order valence-corrected chi connectivity index (χ4v) is 5.46. The molecule has 2 aromatic carbocycles. The van der Waals surface area contributed by atoms with Gasteiger partial charge < -0.3 is 5.73 Å². The van der Waals surface area contributed by atoms with Crippen molar-refractivity contribution < 1.29 is 13.6 Å². The summed E-state index contributed by atoms with van der Waals surface area (Å²) in [6.07, 6.45) is 1.56. The van der Waals surface area contributed by atoms with E-state index in [0.29, 0.717) is 22.6 Å². The first-order valence-corrected chi connectivity index (χ1v) is 12.7. The van der Waals surface area contributed by atoms with Gasteiger partial charge in [0.15, 0.2) is 0 Å². The molecule has 3 heterocycles. The predicted molar refractivity (Wildman–Crippen MR) is 143 cm³/mol. The lowest BCUT2D eigenvalue weighted by molar-refractivity contribution is 0.255. The first-order chi connectivity index (χ1) is 17.5. The number of nitrogen functional groups attached to an aromatic ring is 1. The van der Waals surface area contributed by atoms with Gasteiger partial charge in [0.25, 0.3) is 0 Å². The van der Waals surface area contributed by atoms with Crippen molar-refractivity contribution in [2.45, 2.75) is 26.2 Å². The number of amides is 2. The van der Waals surface area contributed by atoms with Gasteiger partial charge in [-0.25, -0.2) is 28.5 Å². The van der Waals surface area contributed by atoms with Crippen LogP contribution in [0, 0.1) is 11.6 Å². The van der Waals surface area contributed by atoms with Gasteiger partial charge in [0.2, 0.25) is 5.95 Å². The van der Waals surface area contributed by atoms with Gasteiger partial charge >= 0.3 is 6.03 Å². The van der Waals surface area contributed by atoms with E-state index in [1.165, 1.54) is 39.3 Å². The summed E-state index contributed by atoms with van der Waals surface area (Å²) in [5.74, 6) is -0.926. The van der Waals surface area contributed by atoms with Gasteiger partial charge in [0.05, 0.1) is 32.0 Å². The van der Waals surface area contributed by atoms with Crippen LogP contribution in [0.15, 0.2) is 48.7 Å². The number of aromatic nitrogens is 3. The number of hydrogen-bond acceptors (Lipinski definition) is 6.